The summed E-state index contributed by atoms with van der Waals surface area (Å²) in [6.07, 6.45) is 0. The normalized spacial score (nSPS) is 10.4. The van der Waals surface area contributed by atoms with Crippen molar-refractivity contribution in [2.75, 3.05) is 6.61 Å². The summed E-state index contributed by atoms with van der Waals surface area (Å²) in [5.41, 5.74) is 2.05. The van der Waals surface area contributed by atoms with Gasteiger partial charge >= 0.3 is 0 Å². The summed E-state index contributed by atoms with van der Waals surface area (Å²) >= 11 is 7.65. The number of carbonyl (C=O) groups excluding carboxylic acids is 2. The van der Waals surface area contributed by atoms with Gasteiger partial charge in [-0.1, -0.05) is 48.0 Å². The van der Waals surface area contributed by atoms with E-state index in [0.29, 0.717) is 22.2 Å². The number of carbonyl (C=O) groups is 2. The fraction of sp³-hybridized carbons (Fsp3) is 0.143. The second-order valence-electron chi connectivity index (χ2n) is 5.90. The van der Waals surface area contributed by atoms with Crippen LogP contribution in [0.25, 0.3) is 11.1 Å². The van der Waals surface area contributed by atoms with Gasteiger partial charge in [-0.05, 0) is 35.4 Å². The Hall–Kier alpha value is -2.63. The average Bonchev–Trinajstić information content (AvgIpc) is 3.15. The molecule has 1 aromatic heterocycles. The van der Waals surface area contributed by atoms with Crippen molar-refractivity contribution in [1.29, 1.82) is 0 Å². The van der Waals surface area contributed by atoms with E-state index in [-0.39, 0.29) is 18.3 Å². The van der Waals surface area contributed by atoms with Crippen LogP contribution in [-0.2, 0) is 11.3 Å². The van der Waals surface area contributed by atoms with Gasteiger partial charge in [0.1, 0.15) is 5.75 Å². The molecule has 27 heavy (non-hydrogen) atoms. The molecule has 4 nitrogen and oxygen atoms in total. The second-order valence-corrected chi connectivity index (χ2v) is 7.47. The Morgan fingerprint density at radius 2 is 1.81 bits per heavy atom. The van der Waals surface area contributed by atoms with Crippen LogP contribution >= 0.6 is 22.9 Å². The number of benzene rings is 2. The fourth-order valence-electron chi connectivity index (χ4n) is 2.48. The standard InChI is InChI=1S/C21H18ClNO3S/c1-14(24)23-12-17-8-10-21(27-17)19(25)13-26-20-9-7-16(11-18(20)22)15-5-3-2-4-6-15/h2-11H,12-13H2,1H3,(H,23,24). The van der Waals surface area contributed by atoms with Crippen LogP contribution in [0.3, 0.4) is 0 Å². The maximum atomic E-state index is 12.3. The largest absolute Gasteiger partial charge is 0.484 e. The highest BCUT2D eigenvalue weighted by molar-refractivity contribution is 7.14. The Kier molecular flexibility index (Phi) is 6.27. The molecule has 0 saturated heterocycles. The second kappa shape index (κ2) is 8.84. The van der Waals surface area contributed by atoms with Crippen molar-refractivity contribution in [3.63, 3.8) is 0 Å². The minimum atomic E-state index is -0.128. The molecule has 0 bridgehead atoms. The molecule has 0 saturated carbocycles. The number of amides is 1. The van der Waals surface area contributed by atoms with Gasteiger partial charge in [-0.25, -0.2) is 0 Å². The number of hydrogen-bond acceptors (Lipinski definition) is 4. The SMILES string of the molecule is CC(=O)NCc1ccc(C(=O)COc2ccc(-c3ccccc3)cc2Cl)s1. The van der Waals surface area contributed by atoms with E-state index < -0.39 is 0 Å². The van der Waals surface area contributed by atoms with E-state index in [2.05, 4.69) is 5.32 Å². The van der Waals surface area contributed by atoms with Crippen LogP contribution in [0.1, 0.15) is 21.5 Å². The molecule has 6 heteroatoms. The molecule has 0 aliphatic rings. The van der Waals surface area contributed by atoms with Gasteiger partial charge in [0.05, 0.1) is 16.4 Å². The lowest BCUT2D eigenvalue weighted by Crippen LogP contribution is -2.18. The molecule has 0 radical (unpaired) electrons. The van der Waals surface area contributed by atoms with Crippen LogP contribution in [0.5, 0.6) is 5.75 Å². The van der Waals surface area contributed by atoms with E-state index in [9.17, 15) is 9.59 Å². The van der Waals surface area contributed by atoms with Crippen molar-refractivity contribution in [1.82, 2.24) is 5.32 Å². The van der Waals surface area contributed by atoms with Gasteiger partial charge in [0.25, 0.3) is 0 Å². The topological polar surface area (TPSA) is 55.4 Å². The molecule has 1 amide bonds. The number of Topliss-reactive ketones (excluding diaryl/α,β-unsaturated/α-hetero) is 1. The molecule has 2 aromatic carbocycles. The van der Waals surface area contributed by atoms with Crippen molar-refractivity contribution in [2.45, 2.75) is 13.5 Å². The van der Waals surface area contributed by atoms with E-state index in [1.165, 1.54) is 18.3 Å². The van der Waals surface area contributed by atoms with Gasteiger partial charge < -0.3 is 10.1 Å². The Bertz CT molecular complexity index is 953. The van der Waals surface area contributed by atoms with E-state index in [1.807, 2.05) is 48.5 Å². The van der Waals surface area contributed by atoms with Crippen molar-refractivity contribution in [2.24, 2.45) is 0 Å². The molecule has 3 aromatic rings. The molecule has 138 valence electrons. The van der Waals surface area contributed by atoms with Crippen LogP contribution in [-0.4, -0.2) is 18.3 Å². The Balaban J connectivity index is 1.61. The van der Waals surface area contributed by atoms with Gasteiger partial charge in [0.2, 0.25) is 11.7 Å². The lowest BCUT2D eigenvalue weighted by Gasteiger charge is -2.09. The van der Waals surface area contributed by atoms with Crippen molar-refractivity contribution < 1.29 is 14.3 Å². The van der Waals surface area contributed by atoms with Crippen LogP contribution in [0.4, 0.5) is 0 Å². The number of ether oxygens (including phenoxy) is 1. The first kappa shape index (κ1) is 19.1. The third kappa shape index (κ3) is 5.18. The number of ketones is 1. The number of rotatable bonds is 7. The predicted molar refractivity (Wildman–Crippen MR) is 109 cm³/mol. The first-order valence-corrected chi connectivity index (χ1v) is 9.56. The highest BCUT2D eigenvalue weighted by Gasteiger charge is 2.12. The number of nitrogens with one attached hydrogen (secondary N) is 1. The molecule has 0 aliphatic heterocycles. The lowest BCUT2D eigenvalue weighted by molar-refractivity contribution is -0.119. The fourth-order valence-corrected chi connectivity index (χ4v) is 3.58. The smallest absolute Gasteiger partial charge is 0.217 e. The van der Waals surface area contributed by atoms with Gasteiger partial charge in [-0.15, -0.1) is 11.3 Å². The highest BCUT2D eigenvalue weighted by atomic mass is 35.5. The van der Waals surface area contributed by atoms with Crippen LogP contribution in [0, 0.1) is 0 Å². The van der Waals surface area contributed by atoms with Gasteiger partial charge in [0, 0.05) is 11.8 Å². The maximum absolute atomic E-state index is 12.3. The van der Waals surface area contributed by atoms with E-state index >= 15 is 0 Å². The first-order valence-electron chi connectivity index (χ1n) is 8.37. The summed E-state index contributed by atoms with van der Waals surface area (Å²) in [5.74, 6) is 0.241. The van der Waals surface area contributed by atoms with Crippen molar-refractivity contribution in [3.05, 3.63) is 75.4 Å². The molecule has 0 spiro atoms. The van der Waals surface area contributed by atoms with E-state index in [0.717, 1.165) is 16.0 Å². The summed E-state index contributed by atoms with van der Waals surface area (Å²) < 4.78 is 5.61. The third-order valence-corrected chi connectivity index (χ3v) is 5.27. The van der Waals surface area contributed by atoms with Crippen molar-refractivity contribution in [3.8, 4) is 16.9 Å². The van der Waals surface area contributed by atoms with E-state index in [4.69, 9.17) is 16.3 Å². The van der Waals surface area contributed by atoms with E-state index in [1.54, 1.807) is 12.1 Å². The molecule has 0 fully saturated rings. The monoisotopic (exact) mass is 399 g/mol. The molecular weight excluding hydrogens is 382 g/mol. The maximum Gasteiger partial charge on any atom is 0.217 e. The van der Waals surface area contributed by atoms with Crippen molar-refractivity contribution >= 4 is 34.6 Å². The zero-order valence-corrected chi connectivity index (χ0v) is 16.3. The quantitative estimate of drug-likeness (QED) is 0.571. The highest BCUT2D eigenvalue weighted by Crippen LogP contribution is 2.30. The van der Waals surface area contributed by atoms with Gasteiger partial charge in [-0.3, -0.25) is 9.59 Å². The Morgan fingerprint density at radius 3 is 2.52 bits per heavy atom. The third-order valence-electron chi connectivity index (χ3n) is 3.85. The summed E-state index contributed by atoms with van der Waals surface area (Å²) in [6, 6.07) is 19.0. The number of thiophene rings is 1. The zero-order valence-electron chi connectivity index (χ0n) is 14.7. The number of hydrogen-bond donors (Lipinski definition) is 1. The molecular formula is C21H18ClNO3S. The molecule has 0 atom stereocenters. The molecule has 1 heterocycles. The molecule has 1 N–H and O–H groups in total. The predicted octanol–water partition coefficient (Wildman–Crippen LogP) is 4.97. The lowest BCUT2D eigenvalue weighted by atomic mass is 10.1. The molecule has 0 aliphatic carbocycles. The van der Waals surface area contributed by atoms with Gasteiger partial charge in [0.15, 0.2) is 6.61 Å². The van der Waals surface area contributed by atoms with Gasteiger partial charge in [-0.2, -0.15) is 0 Å². The molecule has 0 unspecified atom stereocenters. The summed E-state index contributed by atoms with van der Waals surface area (Å²) in [4.78, 5) is 24.8. The minimum Gasteiger partial charge on any atom is -0.484 e. The minimum absolute atomic E-state index is 0.0928. The van der Waals surface area contributed by atoms with Crippen LogP contribution in [0.2, 0.25) is 5.02 Å². The van der Waals surface area contributed by atoms with Crippen LogP contribution in [0.15, 0.2) is 60.7 Å². The zero-order chi connectivity index (χ0) is 19.2. The Morgan fingerprint density at radius 1 is 1.04 bits per heavy atom. The number of halogens is 1. The summed E-state index contributed by atoms with van der Waals surface area (Å²) in [5, 5.41) is 3.17. The Labute approximate surface area is 166 Å². The summed E-state index contributed by atoms with van der Waals surface area (Å²) in [7, 11) is 0. The average molecular weight is 400 g/mol. The van der Waals surface area contributed by atoms with Crippen LogP contribution < -0.4 is 10.1 Å². The molecule has 3 rings (SSSR count). The first-order chi connectivity index (χ1) is 13.0. The summed E-state index contributed by atoms with van der Waals surface area (Å²) in [6.45, 7) is 1.78.